The minimum atomic E-state index is -0.374. The number of rotatable bonds is 7. The molecule has 0 aliphatic carbocycles. The number of hydrogen-bond donors (Lipinski definition) is 1. The van der Waals surface area contributed by atoms with Crippen molar-refractivity contribution >= 4 is 34.9 Å². The van der Waals surface area contributed by atoms with E-state index in [0.29, 0.717) is 24.6 Å². The molecule has 0 aliphatic heterocycles. The van der Waals surface area contributed by atoms with E-state index in [-0.39, 0.29) is 11.5 Å². The maximum atomic E-state index is 12.0. The molecule has 1 heterocycles. The second-order valence-corrected chi connectivity index (χ2v) is 6.48. The summed E-state index contributed by atoms with van der Waals surface area (Å²) in [7, 11) is 1.61. The highest BCUT2D eigenvalue weighted by Gasteiger charge is 2.10. The Labute approximate surface area is 150 Å². The van der Waals surface area contributed by atoms with Gasteiger partial charge >= 0.3 is 0 Å². The zero-order chi connectivity index (χ0) is 17.4. The van der Waals surface area contributed by atoms with Crippen molar-refractivity contribution in [1.82, 2.24) is 5.32 Å². The minimum absolute atomic E-state index is 0.0833. The number of nitrogens with one attached hydrogen (secondary N) is 1. The Bertz CT molecular complexity index is 777. The smallest absolute Gasteiger partial charge is 0.261 e. The van der Waals surface area contributed by atoms with Gasteiger partial charge in [0.2, 0.25) is 0 Å². The summed E-state index contributed by atoms with van der Waals surface area (Å²) in [5.41, 5.74) is 1.02. The van der Waals surface area contributed by atoms with Gasteiger partial charge in [-0.3, -0.25) is 4.79 Å². The van der Waals surface area contributed by atoms with Crippen molar-refractivity contribution in [2.45, 2.75) is 6.42 Å². The lowest BCUT2D eigenvalue weighted by atomic mass is 10.2. The summed E-state index contributed by atoms with van der Waals surface area (Å²) in [6.07, 6.45) is 2.30. The van der Waals surface area contributed by atoms with Crippen LogP contribution in [-0.2, 0) is 9.53 Å². The summed E-state index contributed by atoms with van der Waals surface area (Å²) in [6.45, 7) is 1.04. The van der Waals surface area contributed by atoms with E-state index in [9.17, 15) is 10.1 Å². The molecule has 0 bridgehead atoms. The number of hydrogen-bond acceptors (Lipinski definition) is 4. The standard InChI is InChI=1S/C18H17ClN2O2S/c1-23-10-4-9-21-18(22)13(12-20)11-14-7-8-17(24-14)15-5-2-3-6-16(15)19/h2-3,5-8,11H,4,9-10H2,1H3,(H,21,22)/b13-11-. The molecule has 0 saturated carbocycles. The Morgan fingerprint density at radius 2 is 2.17 bits per heavy atom. The number of nitriles is 1. The molecule has 0 radical (unpaired) electrons. The third kappa shape index (κ3) is 4.93. The molecular formula is C18H17ClN2O2S. The molecule has 1 aromatic carbocycles. The first-order chi connectivity index (χ1) is 11.7. The average Bonchev–Trinajstić information content (AvgIpc) is 3.05. The van der Waals surface area contributed by atoms with Gasteiger partial charge < -0.3 is 10.1 Å². The van der Waals surface area contributed by atoms with Gasteiger partial charge in [-0.15, -0.1) is 11.3 Å². The van der Waals surface area contributed by atoms with E-state index in [1.807, 2.05) is 42.5 Å². The topological polar surface area (TPSA) is 62.1 Å². The fraction of sp³-hybridized carbons (Fsp3) is 0.222. The largest absolute Gasteiger partial charge is 0.385 e. The van der Waals surface area contributed by atoms with Crippen LogP contribution >= 0.6 is 22.9 Å². The lowest BCUT2D eigenvalue weighted by Gasteiger charge is -2.03. The molecule has 1 amide bonds. The van der Waals surface area contributed by atoms with Gasteiger partial charge in [0.15, 0.2) is 0 Å². The predicted molar refractivity (Wildman–Crippen MR) is 97.9 cm³/mol. The van der Waals surface area contributed by atoms with Crippen LogP contribution in [0.5, 0.6) is 0 Å². The Hall–Kier alpha value is -2.13. The van der Waals surface area contributed by atoms with Crippen molar-refractivity contribution in [2.24, 2.45) is 0 Å². The Balaban J connectivity index is 2.11. The molecule has 124 valence electrons. The summed E-state index contributed by atoms with van der Waals surface area (Å²) in [6, 6.07) is 13.3. The van der Waals surface area contributed by atoms with Gasteiger partial charge in [-0.05, 0) is 30.7 Å². The molecule has 0 spiro atoms. The highest BCUT2D eigenvalue weighted by molar-refractivity contribution is 7.16. The maximum absolute atomic E-state index is 12.0. The molecule has 0 aliphatic rings. The molecule has 1 aromatic heterocycles. The highest BCUT2D eigenvalue weighted by Crippen LogP contribution is 2.33. The first kappa shape index (κ1) is 18.2. The Kier molecular flexibility index (Phi) is 7.01. The van der Waals surface area contributed by atoms with Gasteiger partial charge in [-0.25, -0.2) is 0 Å². The molecule has 0 atom stereocenters. The van der Waals surface area contributed by atoms with Crippen LogP contribution in [0.4, 0.5) is 0 Å². The number of methoxy groups -OCH3 is 1. The van der Waals surface area contributed by atoms with E-state index in [1.54, 1.807) is 13.2 Å². The van der Waals surface area contributed by atoms with Crippen LogP contribution in [0.15, 0.2) is 42.0 Å². The predicted octanol–water partition coefficient (Wildman–Crippen LogP) is 4.13. The molecule has 0 fully saturated rings. The van der Waals surface area contributed by atoms with Crippen LogP contribution < -0.4 is 5.32 Å². The van der Waals surface area contributed by atoms with Gasteiger partial charge in [0.25, 0.3) is 5.91 Å². The van der Waals surface area contributed by atoms with Crippen molar-refractivity contribution in [3.8, 4) is 16.5 Å². The number of nitrogens with zero attached hydrogens (tertiary/aromatic N) is 1. The third-order valence-corrected chi connectivity index (χ3v) is 4.62. The van der Waals surface area contributed by atoms with Crippen LogP contribution in [0.3, 0.4) is 0 Å². The first-order valence-corrected chi connectivity index (χ1v) is 8.59. The Morgan fingerprint density at radius 3 is 2.88 bits per heavy atom. The minimum Gasteiger partial charge on any atom is -0.385 e. The number of carbonyl (C=O) groups is 1. The zero-order valence-corrected chi connectivity index (χ0v) is 14.8. The average molecular weight is 361 g/mol. The van der Waals surface area contributed by atoms with Gasteiger partial charge in [0, 0.05) is 40.6 Å². The van der Waals surface area contributed by atoms with Crippen molar-refractivity contribution in [2.75, 3.05) is 20.3 Å². The van der Waals surface area contributed by atoms with Crippen LogP contribution in [0.25, 0.3) is 16.5 Å². The van der Waals surface area contributed by atoms with Crippen LogP contribution in [-0.4, -0.2) is 26.2 Å². The second-order valence-electron chi connectivity index (χ2n) is 4.95. The monoisotopic (exact) mass is 360 g/mol. The summed E-state index contributed by atoms with van der Waals surface area (Å²) in [5.74, 6) is -0.374. The van der Waals surface area contributed by atoms with Gasteiger partial charge in [-0.1, -0.05) is 29.8 Å². The van der Waals surface area contributed by atoms with Crippen LogP contribution in [0.2, 0.25) is 5.02 Å². The highest BCUT2D eigenvalue weighted by atomic mass is 35.5. The van der Waals surface area contributed by atoms with E-state index in [0.717, 1.165) is 15.3 Å². The van der Waals surface area contributed by atoms with Crippen molar-refractivity contribution in [1.29, 1.82) is 5.26 Å². The molecule has 0 saturated heterocycles. The van der Waals surface area contributed by atoms with Gasteiger partial charge in [-0.2, -0.15) is 5.26 Å². The van der Waals surface area contributed by atoms with Crippen molar-refractivity contribution < 1.29 is 9.53 Å². The number of halogens is 1. The number of amides is 1. The fourth-order valence-electron chi connectivity index (χ4n) is 2.04. The SMILES string of the molecule is COCCCNC(=O)/C(C#N)=C\c1ccc(-c2ccccc2Cl)s1. The molecular weight excluding hydrogens is 344 g/mol. The zero-order valence-electron chi connectivity index (χ0n) is 13.2. The molecule has 0 unspecified atom stereocenters. The molecule has 2 aromatic rings. The quantitative estimate of drug-likeness (QED) is 0.458. The Morgan fingerprint density at radius 1 is 1.38 bits per heavy atom. The summed E-state index contributed by atoms with van der Waals surface area (Å²) in [5, 5.41) is 12.6. The van der Waals surface area contributed by atoms with Crippen LogP contribution in [0, 0.1) is 11.3 Å². The number of benzene rings is 1. The number of thiophene rings is 1. The normalized spacial score (nSPS) is 11.1. The third-order valence-electron chi connectivity index (χ3n) is 3.23. The fourth-order valence-corrected chi connectivity index (χ4v) is 3.33. The summed E-state index contributed by atoms with van der Waals surface area (Å²) >= 11 is 7.68. The van der Waals surface area contributed by atoms with Crippen LogP contribution in [0.1, 0.15) is 11.3 Å². The summed E-state index contributed by atoms with van der Waals surface area (Å²) < 4.78 is 4.92. The lowest BCUT2D eigenvalue weighted by Crippen LogP contribution is -2.26. The first-order valence-electron chi connectivity index (χ1n) is 7.39. The van der Waals surface area contributed by atoms with Gasteiger partial charge in [0.05, 0.1) is 0 Å². The lowest BCUT2D eigenvalue weighted by molar-refractivity contribution is -0.117. The van der Waals surface area contributed by atoms with E-state index in [1.165, 1.54) is 11.3 Å². The molecule has 24 heavy (non-hydrogen) atoms. The second kappa shape index (κ2) is 9.24. The van der Waals surface area contributed by atoms with E-state index < -0.39 is 0 Å². The number of carbonyl (C=O) groups excluding carboxylic acids is 1. The van der Waals surface area contributed by atoms with E-state index >= 15 is 0 Å². The van der Waals surface area contributed by atoms with E-state index in [2.05, 4.69) is 5.32 Å². The molecule has 6 heteroatoms. The van der Waals surface area contributed by atoms with Crippen molar-refractivity contribution in [3.63, 3.8) is 0 Å². The molecule has 4 nitrogen and oxygen atoms in total. The van der Waals surface area contributed by atoms with Crippen molar-refractivity contribution in [3.05, 3.63) is 51.9 Å². The molecule has 1 N–H and O–H groups in total. The number of ether oxygens (including phenoxy) is 1. The maximum Gasteiger partial charge on any atom is 0.261 e. The summed E-state index contributed by atoms with van der Waals surface area (Å²) in [4.78, 5) is 13.8. The van der Waals surface area contributed by atoms with Gasteiger partial charge in [0.1, 0.15) is 11.6 Å². The van der Waals surface area contributed by atoms with E-state index in [4.69, 9.17) is 16.3 Å². The molecule has 2 rings (SSSR count).